The maximum atomic E-state index is 11.8. The third-order valence-corrected chi connectivity index (χ3v) is 6.60. The summed E-state index contributed by atoms with van der Waals surface area (Å²) in [7, 11) is 0. The van der Waals surface area contributed by atoms with Gasteiger partial charge < -0.3 is 25.3 Å². The molecule has 1 heterocycles. The standard InChI is InChI=1S/C26H36N2O5/c1-17(2)19-8-7-9-20(14-19)26(12-5-4-6-13-26)27-16-24(31)22(28-18(3)29)15-21-10-11-23(30)25(32)33-21/h7-11,14,17,22,24,27,30-31H,4-6,12-13,15-16H2,1-3H3,(H,28,29). The Hall–Kier alpha value is -2.64. The van der Waals surface area contributed by atoms with E-state index < -0.39 is 23.5 Å². The number of carbonyl (C=O) groups excluding carboxylic acids is 1. The van der Waals surface area contributed by atoms with E-state index in [1.165, 1.54) is 36.6 Å². The molecule has 0 spiro atoms. The lowest BCUT2D eigenvalue weighted by atomic mass is 9.75. The topological polar surface area (TPSA) is 112 Å². The molecule has 7 nitrogen and oxygen atoms in total. The molecular weight excluding hydrogens is 420 g/mol. The van der Waals surface area contributed by atoms with Gasteiger partial charge in [-0.05, 0) is 42.0 Å². The Morgan fingerprint density at radius 3 is 2.52 bits per heavy atom. The van der Waals surface area contributed by atoms with Crippen molar-refractivity contribution in [1.29, 1.82) is 0 Å². The van der Waals surface area contributed by atoms with Crippen molar-refractivity contribution in [1.82, 2.24) is 10.6 Å². The fraction of sp³-hybridized carbons (Fsp3) is 0.538. The first-order chi connectivity index (χ1) is 15.7. The maximum absolute atomic E-state index is 11.8. The number of hydrogen-bond donors (Lipinski definition) is 4. The molecule has 1 amide bonds. The number of aliphatic hydroxyl groups is 1. The second-order valence-electron chi connectivity index (χ2n) is 9.46. The van der Waals surface area contributed by atoms with E-state index in [2.05, 4.69) is 48.7 Å². The minimum atomic E-state index is -0.903. The lowest BCUT2D eigenvalue weighted by molar-refractivity contribution is -0.120. The van der Waals surface area contributed by atoms with Crippen molar-refractivity contribution in [2.24, 2.45) is 0 Å². The van der Waals surface area contributed by atoms with E-state index in [0.29, 0.717) is 5.92 Å². The molecule has 0 radical (unpaired) electrons. The predicted octanol–water partition coefficient (Wildman–Crippen LogP) is 3.33. The van der Waals surface area contributed by atoms with Crippen LogP contribution >= 0.6 is 0 Å². The number of amides is 1. The zero-order chi connectivity index (χ0) is 24.0. The van der Waals surface area contributed by atoms with E-state index in [0.717, 1.165) is 25.7 Å². The molecule has 7 heteroatoms. The Kier molecular flexibility index (Phi) is 8.32. The number of benzene rings is 1. The predicted molar refractivity (Wildman–Crippen MR) is 127 cm³/mol. The normalized spacial score (nSPS) is 17.5. The van der Waals surface area contributed by atoms with Crippen LogP contribution in [-0.4, -0.2) is 34.8 Å². The van der Waals surface area contributed by atoms with Crippen LogP contribution in [0.25, 0.3) is 0 Å². The van der Waals surface area contributed by atoms with Crippen LogP contribution < -0.4 is 16.3 Å². The molecule has 1 saturated carbocycles. The molecule has 0 saturated heterocycles. The van der Waals surface area contributed by atoms with Gasteiger partial charge in [0.1, 0.15) is 5.76 Å². The summed E-state index contributed by atoms with van der Waals surface area (Å²) in [6, 6.07) is 10.8. The summed E-state index contributed by atoms with van der Waals surface area (Å²) >= 11 is 0. The molecule has 4 N–H and O–H groups in total. The number of aromatic hydroxyl groups is 1. The average molecular weight is 457 g/mol. The highest BCUT2D eigenvalue weighted by Gasteiger charge is 2.35. The van der Waals surface area contributed by atoms with Gasteiger partial charge in [0.05, 0.1) is 12.1 Å². The largest absolute Gasteiger partial charge is 0.502 e. The molecule has 180 valence electrons. The maximum Gasteiger partial charge on any atom is 0.378 e. The lowest BCUT2D eigenvalue weighted by Gasteiger charge is -2.40. The third kappa shape index (κ3) is 6.45. The first kappa shape index (κ1) is 25.0. The minimum Gasteiger partial charge on any atom is -0.502 e. The first-order valence-electron chi connectivity index (χ1n) is 11.8. The smallest absolute Gasteiger partial charge is 0.378 e. The van der Waals surface area contributed by atoms with Gasteiger partial charge in [-0.1, -0.05) is 57.4 Å². The molecule has 0 bridgehead atoms. The zero-order valence-electron chi connectivity index (χ0n) is 19.8. The SMILES string of the molecule is CC(=O)NC(Cc1ccc(O)c(=O)o1)C(O)CNC1(c2cccc(C(C)C)c2)CCCCC1. The van der Waals surface area contributed by atoms with Crippen LogP contribution in [0.3, 0.4) is 0 Å². The average Bonchev–Trinajstić information content (AvgIpc) is 2.80. The van der Waals surface area contributed by atoms with Crippen LogP contribution in [0.5, 0.6) is 5.75 Å². The summed E-state index contributed by atoms with van der Waals surface area (Å²) in [6.07, 6.45) is 4.63. The third-order valence-electron chi connectivity index (χ3n) is 6.60. The number of aliphatic hydroxyl groups excluding tert-OH is 1. The van der Waals surface area contributed by atoms with Crippen LogP contribution in [-0.2, 0) is 16.8 Å². The Morgan fingerprint density at radius 1 is 1.15 bits per heavy atom. The van der Waals surface area contributed by atoms with E-state index in [-0.39, 0.29) is 30.2 Å². The zero-order valence-corrected chi connectivity index (χ0v) is 19.8. The highest BCUT2D eigenvalue weighted by atomic mass is 16.4. The molecular formula is C26H36N2O5. The van der Waals surface area contributed by atoms with E-state index in [4.69, 9.17) is 4.42 Å². The van der Waals surface area contributed by atoms with Crippen molar-refractivity contribution in [3.63, 3.8) is 0 Å². The molecule has 1 aromatic heterocycles. The Morgan fingerprint density at radius 2 is 1.88 bits per heavy atom. The van der Waals surface area contributed by atoms with Gasteiger partial charge in [0.25, 0.3) is 0 Å². The monoisotopic (exact) mass is 456 g/mol. The summed E-state index contributed by atoms with van der Waals surface area (Å²) in [5.41, 5.74) is 1.46. The molecule has 2 unspecified atom stereocenters. The number of nitrogens with one attached hydrogen (secondary N) is 2. The van der Waals surface area contributed by atoms with Crippen molar-refractivity contribution >= 4 is 5.91 Å². The number of hydrogen-bond acceptors (Lipinski definition) is 6. The quantitative estimate of drug-likeness (QED) is 0.461. The summed E-state index contributed by atoms with van der Waals surface area (Å²) in [5, 5.41) is 26.9. The van der Waals surface area contributed by atoms with E-state index in [1.54, 1.807) is 0 Å². The van der Waals surface area contributed by atoms with Crippen LogP contribution in [0.1, 0.15) is 75.7 Å². The summed E-state index contributed by atoms with van der Waals surface area (Å²) < 4.78 is 5.10. The summed E-state index contributed by atoms with van der Waals surface area (Å²) in [4.78, 5) is 23.4. The van der Waals surface area contributed by atoms with Gasteiger partial charge in [-0.15, -0.1) is 0 Å². The fourth-order valence-corrected chi connectivity index (χ4v) is 4.68. The fourth-order valence-electron chi connectivity index (χ4n) is 4.68. The Bertz CT molecular complexity index is 994. The highest BCUT2D eigenvalue weighted by Crippen LogP contribution is 2.38. The molecule has 1 aromatic carbocycles. The van der Waals surface area contributed by atoms with Crippen molar-refractivity contribution in [2.45, 2.75) is 82.9 Å². The second kappa shape index (κ2) is 11.0. The van der Waals surface area contributed by atoms with Gasteiger partial charge in [0, 0.05) is 25.4 Å². The van der Waals surface area contributed by atoms with Crippen LogP contribution in [0.2, 0.25) is 0 Å². The first-order valence-corrected chi connectivity index (χ1v) is 11.8. The molecule has 0 aliphatic heterocycles. The van der Waals surface area contributed by atoms with Crippen LogP contribution in [0.4, 0.5) is 0 Å². The van der Waals surface area contributed by atoms with E-state index >= 15 is 0 Å². The highest BCUT2D eigenvalue weighted by molar-refractivity contribution is 5.73. The molecule has 2 aromatic rings. The molecule has 1 aliphatic carbocycles. The van der Waals surface area contributed by atoms with Crippen molar-refractivity contribution in [3.05, 3.63) is 63.7 Å². The lowest BCUT2D eigenvalue weighted by Crippen LogP contribution is -2.53. The minimum absolute atomic E-state index is 0.133. The Balaban J connectivity index is 1.78. The number of rotatable bonds is 9. The van der Waals surface area contributed by atoms with Gasteiger partial charge in [-0.2, -0.15) is 0 Å². The van der Waals surface area contributed by atoms with E-state index in [1.807, 2.05) is 0 Å². The molecule has 3 rings (SSSR count). The molecule has 1 aliphatic rings. The van der Waals surface area contributed by atoms with Gasteiger partial charge in [-0.3, -0.25) is 4.79 Å². The van der Waals surface area contributed by atoms with Crippen LogP contribution in [0.15, 0.2) is 45.6 Å². The van der Waals surface area contributed by atoms with Gasteiger partial charge in [0.15, 0.2) is 0 Å². The Labute approximate surface area is 195 Å². The van der Waals surface area contributed by atoms with Gasteiger partial charge in [0.2, 0.25) is 11.7 Å². The van der Waals surface area contributed by atoms with Crippen molar-refractivity contribution in [3.8, 4) is 5.75 Å². The van der Waals surface area contributed by atoms with Gasteiger partial charge >= 0.3 is 5.63 Å². The van der Waals surface area contributed by atoms with Crippen molar-refractivity contribution in [2.75, 3.05) is 6.54 Å². The molecule has 33 heavy (non-hydrogen) atoms. The van der Waals surface area contributed by atoms with E-state index in [9.17, 15) is 19.8 Å². The summed E-state index contributed by atoms with van der Waals surface area (Å²) in [5.74, 6) is -0.0370. The number of carbonyl (C=O) groups is 1. The molecule has 1 fully saturated rings. The summed E-state index contributed by atoms with van der Waals surface area (Å²) in [6.45, 7) is 6.03. The van der Waals surface area contributed by atoms with Crippen LogP contribution in [0, 0.1) is 0 Å². The molecule has 2 atom stereocenters. The van der Waals surface area contributed by atoms with Gasteiger partial charge in [-0.25, -0.2) is 4.79 Å². The second-order valence-corrected chi connectivity index (χ2v) is 9.46. The van der Waals surface area contributed by atoms with Crippen molar-refractivity contribution < 1.29 is 19.4 Å².